The van der Waals surface area contributed by atoms with Gasteiger partial charge in [0.05, 0.1) is 5.56 Å². The van der Waals surface area contributed by atoms with E-state index in [4.69, 9.17) is 4.74 Å². The van der Waals surface area contributed by atoms with Gasteiger partial charge in [0.25, 0.3) is 0 Å². The number of carbonyl (C=O) groups excluding carboxylic acids is 2. The molecule has 7 nitrogen and oxygen atoms in total. The molecule has 2 aromatic carbocycles. The molecule has 0 radical (unpaired) electrons. The van der Waals surface area contributed by atoms with Crippen molar-refractivity contribution >= 4 is 23.7 Å². The summed E-state index contributed by atoms with van der Waals surface area (Å²) in [5.74, 6) is -6.72. The van der Waals surface area contributed by atoms with Crippen LogP contribution in [0.15, 0.2) is 48.5 Å². The molecule has 0 spiro atoms. The molecule has 0 heterocycles. The van der Waals surface area contributed by atoms with Crippen LogP contribution in [-0.2, 0) is 14.3 Å². The average Bonchev–Trinajstić information content (AvgIpc) is 2.59. The first-order valence-corrected chi connectivity index (χ1v) is 7.58. The minimum absolute atomic E-state index is 0.0306. The molecule has 0 fully saturated rings. The van der Waals surface area contributed by atoms with Gasteiger partial charge in [-0.05, 0) is 31.0 Å². The van der Waals surface area contributed by atoms with Crippen molar-refractivity contribution < 1.29 is 34.1 Å². The Bertz CT molecular complexity index is 884. The number of rotatable bonds is 6. The van der Waals surface area contributed by atoms with E-state index in [0.29, 0.717) is 11.1 Å². The lowest BCUT2D eigenvalue weighted by Crippen LogP contribution is -2.57. The van der Waals surface area contributed by atoms with E-state index in [9.17, 15) is 29.4 Å². The van der Waals surface area contributed by atoms with Crippen LogP contribution in [-0.4, -0.2) is 39.5 Å². The summed E-state index contributed by atoms with van der Waals surface area (Å²) in [6.45, 7) is 3.09. The van der Waals surface area contributed by atoms with Gasteiger partial charge in [-0.25, -0.2) is 14.4 Å². The molecule has 26 heavy (non-hydrogen) atoms. The molecule has 0 bridgehead atoms. The fourth-order valence-corrected chi connectivity index (χ4v) is 2.43. The summed E-state index contributed by atoms with van der Waals surface area (Å²) in [7, 11) is 0. The third-order valence-electron chi connectivity index (χ3n) is 3.92. The summed E-state index contributed by atoms with van der Waals surface area (Å²) in [6.07, 6.45) is 0. The molecular weight excluding hydrogens is 340 g/mol. The van der Waals surface area contributed by atoms with Crippen LogP contribution >= 0.6 is 0 Å². The van der Waals surface area contributed by atoms with Gasteiger partial charge in [-0.15, -0.1) is 0 Å². The summed E-state index contributed by atoms with van der Waals surface area (Å²) >= 11 is 0. The van der Waals surface area contributed by atoms with Crippen molar-refractivity contribution in [3.63, 3.8) is 0 Å². The number of carboxylic acids is 2. The average molecular weight is 356 g/mol. The second-order valence-electron chi connectivity index (χ2n) is 5.64. The van der Waals surface area contributed by atoms with Gasteiger partial charge in [-0.2, -0.15) is 0 Å². The molecule has 0 aliphatic rings. The lowest BCUT2D eigenvalue weighted by Gasteiger charge is -2.24. The molecule has 0 aromatic heterocycles. The van der Waals surface area contributed by atoms with Crippen LogP contribution < -0.4 is 0 Å². The van der Waals surface area contributed by atoms with E-state index in [1.54, 1.807) is 25.1 Å². The van der Waals surface area contributed by atoms with Crippen LogP contribution in [0.2, 0.25) is 0 Å². The SMILES string of the molecule is Cc1ccccc1C(=O)OC(C(=O)O)(C(=O)O)C(=O)c1ccccc1C. The van der Waals surface area contributed by atoms with E-state index in [1.165, 1.54) is 37.3 Å². The molecule has 0 amide bonds. The predicted octanol–water partition coefficient (Wildman–Crippen LogP) is 2.25. The first kappa shape index (κ1) is 18.9. The summed E-state index contributed by atoms with van der Waals surface area (Å²) in [4.78, 5) is 48.7. The van der Waals surface area contributed by atoms with Gasteiger partial charge in [0.15, 0.2) is 0 Å². The Labute approximate surface area is 148 Å². The monoisotopic (exact) mass is 356 g/mol. The molecule has 0 aliphatic carbocycles. The zero-order valence-corrected chi connectivity index (χ0v) is 14.1. The third kappa shape index (κ3) is 3.19. The van der Waals surface area contributed by atoms with Crippen molar-refractivity contribution in [1.82, 2.24) is 0 Å². The smallest absolute Gasteiger partial charge is 0.368 e. The Morgan fingerprint density at radius 3 is 1.62 bits per heavy atom. The van der Waals surface area contributed by atoms with E-state index in [1.807, 2.05) is 0 Å². The number of hydrogen-bond donors (Lipinski definition) is 2. The van der Waals surface area contributed by atoms with Crippen molar-refractivity contribution in [2.45, 2.75) is 19.4 Å². The summed E-state index contributed by atoms with van der Waals surface area (Å²) in [5, 5.41) is 19.0. The number of Topliss-reactive ketones (excluding diaryl/α,β-unsaturated/α-hetero) is 1. The highest BCUT2D eigenvalue weighted by molar-refractivity contribution is 6.29. The molecule has 7 heteroatoms. The first-order chi connectivity index (χ1) is 12.2. The largest absolute Gasteiger partial charge is 0.477 e. The molecule has 0 saturated carbocycles. The van der Waals surface area contributed by atoms with E-state index in [0.717, 1.165) is 0 Å². The summed E-state index contributed by atoms with van der Waals surface area (Å²) < 4.78 is 4.81. The van der Waals surface area contributed by atoms with Crippen LogP contribution in [0, 0.1) is 13.8 Å². The lowest BCUT2D eigenvalue weighted by atomic mass is 9.90. The third-order valence-corrected chi connectivity index (χ3v) is 3.92. The molecule has 0 atom stereocenters. The number of carbonyl (C=O) groups is 4. The molecule has 2 rings (SSSR count). The molecule has 2 aromatic rings. The molecule has 2 N–H and O–H groups in total. The zero-order chi connectivity index (χ0) is 19.5. The summed E-state index contributed by atoms with van der Waals surface area (Å²) in [5.41, 5.74) is -2.76. The first-order valence-electron chi connectivity index (χ1n) is 7.58. The number of esters is 1. The predicted molar refractivity (Wildman–Crippen MR) is 90.1 cm³/mol. The van der Waals surface area contributed by atoms with Gasteiger partial charge >= 0.3 is 23.5 Å². The standard InChI is InChI=1S/C19H16O7/c1-11-7-3-5-9-13(11)15(20)19(17(22)23,18(24)25)26-16(21)14-10-6-4-8-12(14)2/h3-10H,1-2H3,(H,22,23)(H,24,25). The van der Waals surface area contributed by atoms with Gasteiger partial charge in [-0.1, -0.05) is 42.5 Å². The van der Waals surface area contributed by atoms with E-state index in [-0.39, 0.29) is 11.1 Å². The topological polar surface area (TPSA) is 118 Å². The Balaban J connectivity index is 2.57. The quantitative estimate of drug-likeness (QED) is 0.463. The van der Waals surface area contributed by atoms with Crippen molar-refractivity contribution in [1.29, 1.82) is 0 Å². The van der Waals surface area contributed by atoms with Crippen molar-refractivity contribution in [3.05, 3.63) is 70.8 Å². The Hall–Kier alpha value is -3.48. The fraction of sp³-hybridized carbons (Fsp3) is 0.158. The van der Waals surface area contributed by atoms with Crippen molar-refractivity contribution in [2.75, 3.05) is 0 Å². The van der Waals surface area contributed by atoms with Crippen LogP contribution in [0.1, 0.15) is 31.8 Å². The van der Waals surface area contributed by atoms with Gasteiger partial charge in [0.1, 0.15) is 0 Å². The van der Waals surface area contributed by atoms with Gasteiger partial charge < -0.3 is 14.9 Å². The van der Waals surface area contributed by atoms with E-state index in [2.05, 4.69) is 0 Å². The molecule has 0 aliphatic heterocycles. The highest BCUT2D eigenvalue weighted by atomic mass is 16.6. The van der Waals surface area contributed by atoms with Gasteiger partial charge in [0.2, 0.25) is 5.78 Å². The normalized spacial score (nSPS) is 10.8. The van der Waals surface area contributed by atoms with E-state index < -0.39 is 29.3 Å². The summed E-state index contributed by atoms with van der Waals surface area (Å²) in [6, 6.07) is 11.9. The Morgan fingerprint density at radius 1 is 0.769 bits per heavy atom. The molecule has 134 valence electrons. The maximum Gasteiger partial charge on any atom is 0.368 e. The van der Waals surface area contributed by atoms with Crippen LogP contribution in [0.5, 0.6) is 0 Å². The number of ether oxygens (including phenoxy) is 1. The highest BCUT2D eigenvalue weighted by Crippen LogP contribution is 2.24. The number of benzene rings is 2. The number of aryl methyl sites for hydroxylation is 2. The molecular formula is C19H16O7. The highest BCUT2D eigenvalue weighted by Gasteiger charge is 2.58. The fourth-order valence-electron chi connectivity index (χ4n) is 2.43. The lowest BCUT2D eigenvalue weighted by molar-refractivity contribution is -0.170. The Morgan fingerprint density at radius 2 is 1.19 bits per heavy atom. The zero-order valence-electron chi connectivity index (χ0n) is 14.1. The van der Waals surface area contributed by atoms with Gasteiger partial charge in [0, 0.05) is 5.56 Å². The maximum absolute atomic E-state index is 12.8. The molecule has 0 unspecified atom stereocenters. The minimum Gasteiger partial charge on any atom is -0.477 e. The van der Waals surface area contributed by atoms with E-state index >= 15 is 0 Å². The van der Waals surface area contributed by atoms with Crippen LogP contribution in [0.3, 0.4) is 0 Å². The van der Waals surface area contributed by atoms with Crippen molar-refractivity contribution in [2.24, 2.45) is 0 Å². The van der Waals surface area contributed by atoms with Crippen molar-refractivity contribution in [3.8, 4) is 0 Å². The van der Waals surface area contributed by atoms with Crippen LogP contribution in [0.4, 0.5) is 0 Å². The number of carboxylic acid groups (broad SMARTS) is 2. The number of aliphatic carboxylic acids is 2. The molecule has 0 saturated heterocycles. The maximum atomic E-state index is 12.8. The van der Waals surface area contributed by atoms with Gasteiger partial charge in [-0.3, -0.25) is 4.79 Å². The Kier molecular flexibility index (Phi) is 5.21. The minimum atomic E-state index is -3.38. The van der Waals surface area contributed by atoms with Crippen LogP contribution in [0.25, 0.3) is 0 Å². The number of ketones is 1. The number of hydrogen-bond acceptors (Lipinski definition) is 5. The second kappa shape index (κ2) is 7.18. The second-order valence-corrected chi connectivity index (χ2v) is 5.64.